The van der Waals surface area contributed by atoms with Crippen LogP contribution in [0, 0.1) is 0 Å². The Morgan fingerprint density at radius 2 is 2.14 bits per heavy atom. The van der Waals surface area contributed by atoms with E-state index in [2.05, 4.69) is 0 Å². The number of nitrogens with zero attached hydrogens (tertiary/aromatic N) is 1. The SMILES string of the molecule is CCOC(=O)[C@]12Cc3ccccc3N1C(=O)CC[C@]2(C)O. The maximum Gasteiger partial charge on any atom is 0.335 e. The summed E-state index contributed by atoms with van der Waals surface area (Å²) in [7, 11) is 0. The summed E-state index contributed by atoms with van der Waals surface area (Å²) in [4.78, 5) is 26.6. The Hall–Kier alpha value is -1.88. The number of rotatable bonds is 2. The van der Waals surface area contributed by atoms with Gasteiger partial charge in [0.1, 0.15) is 0 Å². The van der Waals surface area contributed by atoms with Crippen LogP contribution in [0.15, 0.2) is 24.3 Å². The van der Waals surface area contributed by atoms with E-state index in [1.54, 1.807) is 13.8 Å². The maximum absolute atomic E-state index is 12.7. The van der Waals surface area contributed by atoms with E-state index in [1.165, 1.54) is 4.90 Å². The summed E-state index contributed by atoms with van der Waals surface area (Å²) in [6.45, 7) is 3.56. The van der Waals surface area contributed by atoms with Gasteiger partial charge in [-0.2, -0.15) is 0 Å². The summed E-state index contributed by atoms with van der Waals surface area (Å²) in [5.41, 5.74) is -1.06. The van der Waals surface area contributed by atoms with Crippen molar-refractivity contribution in [2.45, 2.75) is 44.2 Å². The zero-order valence-corrected chi connectivity index (χ0v) is 12.3. The Kier molecular flexibility index (Phi) is 3.06. The van der Waals surface area contributed by atoms with Gasteiger partial charge in [-0.1, -0.05) is 18.2 Å². The molecule has 5 heteroatoms. The van der Waals surface area contributed by atoms with Crippen molar-refractivity contribution in [1.29, 1.82) is 0 Å². The van der Waals surface area contributed by atoms with E-state index in [0.29, 0.717) is 12.1 Å². The molecule has 1 saturated heterocycles. The fraction of sp³-hybridized carbons (Fsp3) is 0.500. The summed E-state index contributed by atoms with van der Waals surface area (Å²) in [5.74, 6) is -0.668. The third-order valence-corrected chi connectivity index (χ3v) is 4.64. The average Bonchev–Trinajstić information content (AvgIpc) is 2.81. The number of amides is 1. The number of esters is 1. The molecule has 0 unspecified atom stereocenters. The molecule has 0 aromatic heterocycles. The highest BCUT2D eigenvalue weighted by atomic mass is 16.5. The number of carbonyl (C=O) groups is 2. The first kappa shape index (κ1) is 14.1. The van der Waals surface area contributed by atoms with Gasteiger partial charge in [0.2, 0.25) is 5.91 Å². The van der Waals surface area contributed by atoms with E-state index in [-0.39, 0.29) is 25.4 Å². The lowest BCUT2D eigenvalue weighted by molar-refractivity contribution is -0.166. The molecule has 1 aromatic carbocycles. The van der Waals surface area contributed by atoms with Gasteiger partial charge in [0.05, 0.1) is 12.2 Å². The molecule has 0 spiro atoms. The zero-order chi connectivity index (χ0) is 15.3. The van der Waals surface area contributed by atoms with E-state index in [1.807, 2.05) is 24.3 Å². The lowest BCUT2D eigenvalue weighted by Gasteiger charge is -2.49. The van der Waals surface area contributed by atoms with E-state index < -0.39 is 17.1 Å². The van der Waals surface area contributed by atoms with Crippen LogP contribution in [0.1, 0.15) is 32.3 Å². The van der Waals surface area contributed by atoms with E-state index in [4.69, 9.17) is 4.74 Å². The molecule has 0 bridgehead atoms. The monoisotopic (exact) mass is 289 g/mol. The highest BCUT2D eigenvalue weighted by molar-refractivity contribution is 6.07. The van der Waals surface area contributed by atoms with Gasteiger partial charge in [-0.25, -0.2) is 4.79 Å². The highest BCUT2D eigenvalue weighted by Crippen LogP contribution is 2.49. The Labute approximate surface area is 123 Å². The fourth-order valence-corrected chi connectivity index (χ4v) is 3.52. The second kappa shape index (κ2) is 4.56. The van der Waals surface area contributed by atoms with Crippen molar-refractivity contribution in [1.82, 2.24) is 0 Å². The molecule has 1 fully saturated rings. The van der Waals surface area contributed by atoms with Crippen molar-refractivity contribution in [2.75, 3.05) is 11.5 Å². The summed E-state index contributed by atoms with van der Waals surface area (Å²) in [6.07, 6.45) is 0.776. The first-order valence-electron chi connectivity index (χ1n) is 7.24. The van der Waals surface area contributed by atoms with E-state index in [9.17, 15) is 14.7 Å². The van der Waals surface area contributed by atoms with Crippen LogP contribution in [-0.4, -0.2) is 34.7 Å². The minimum Gasteiger partial charge on any atom is -0.464 e. The molecule has 5 nitrogen and oxygen atoms in total. The Balaban J connectivity index is 2.20. The zero-order valence-electron chi connectivity index (χ0n) is 12.3. The maximum atomic E-state index is 12.7. The highest BCUT2D eigenvalue weighted by Gasteiger charge is 2.65. The number of anilines is 1. The van der Waals surface area contributed by atoms with Crippen molar-refractivity contribution in [3.05, 3.63) is 29.8 Å². The van der Waals surface area contributed by atoms with Crippen LogP contribution in [0.3, 0.4) is 0 Å². The normalized spacial score (nSPS) is 30.8. The molecule has 1 amide bonds. The van der Waals surface area contributed by atoms with Crippen LogP contribution < -0.4 is 4.90 Å². The molecule has 0 aliphatic carbocycles. The standard InChI is InChI=1S/C16H19NO4/c1-3-21-14(19)16-10-11-6-4-5-7-12(11)17(16)13(18)8-9-15(16,2)20/h4-7,20H,3,8-10H2,1-2H3/t15-,16-/m0/s1. The predicted octanol–water partition coefficient (Wildman–Crippen LogP) is 1.42. The Morgan fingerprint density at radius 1 is 1.43 bits per heavy atom. The first-order valence-corrected chi connectivity index (χ1v) is 7.24. The smallest absolute Gasteiger partial charge is 0.335 e. The van der Waals surface area contributed by atoms with Crippen LogP contribution in [0.4, 0.5) is 5.69 Å². The van der Waals surface area contributed by atoms with Gasteiger partial charge in [-0.05, 0) is 31.9 Å². The van der Waals surface area contributed by atoms with Gasteiger partial charge in [-0.3, -0.25) is 9.69 Å². The van der Waals surface area contributed by atoms with Crippen LogP contribution in [-0.2, 0) is 20.7 Å². The quantitative estimate of drug-likeness (QED) is 0.836. The van der Waals surface area contributed by atoms with Crippen molar-refractivity contribution in [3.63, 3.8) is 0 Å². The van der Waals surface area contributed by atoms with Gasteiger partial charge < -0.3 is 9.84 Å². The number of hydrogen-bond acceptors (Lipinski definition) is 4. The minimum atomic E-state index is -1.35. The predicted molar refractivity (Wildman–Crippen MR) is 76.9 cm³/mol. The van der Waals surface area contributed by atoms with E-state index >= 15 is 0 Å². The van der Waals surface area contributed by atoms with Gasteiger partial charge in [0.15, 0.2) is 5.54 Å². The van der Waals surface area contributed by atoms with Gasteiger partial charge >= 0.3 is 5.97 Å². The largest absolute Gasteiger partial charge is 0.464 e. The van der Waals surface area contributed by atoms with Crippen LogP contribution in [0.25, 0.3) is 0 Å². The van der Waals surface area contributed by atoms with Crippen molar-refractivity contribution >= 4 is 17.6 Å². The Bertz CT molecular complexity index is 610. The van der Waals surface area contributed by atoms with Gasteiger partial charge in [-0.15, -0.1) is 0 Å². The molecule has 1 N–H and O–H groups in total. The third-order valence-electron chi connectivity index (χ3n) is 4.64. The molecule has 2 aliphatic heterocycles. The van der Waals surface area contributed by atoms with Crippen molar-refractivity contribution in [2.24, 2.45) is 0 Å². The van der Waals surface area contributed by atoms with Gasteiger partial charge in [0, 0.05) is 18.5 Å². The number of ether oxygens (including phenoxy) is 1. The summed E-state index contributed by atoms with van der Waals surface area (Å²) in [6, 6.07) is 7.40. The van der Waals surface area contributed by atoms with Crippen LogP contribution >= 0.6 is 0 Å². The number of piperidine rings is 1. The number of benzene rings is 1. The van der Waals surface area contributed by atoms with Crippen molar-refractivity contribution in [3.8, 4) is 0 Å². The first-order chi connectivity index (χ1) is 9.94. The van der Waals surface area contributed by atoms with E-state index in [0.717, 1.165) is 5.56 Å². The number of hydrogen-bond donors (Lipinski definition) is 1. The average molecular weight is 289 g/mol. The number of carbonyl (C=O) groups excluding carboxylic acids is 2. The summed E-state index contributed by atoms with van der Waals surface area (Å²) < 4.78 is 5.21. The Morgan fingerprint density at radius 3 is 2.86 bits per heavy atom. The lowest BCUT2D eigenvalue weighted by Crippen LogP contribution is -2.71. The molecule has 0 radical (unpaired) electrons. The lowest BCUT2D eigenvalue weighted by atomic mass is 9.72. The number of aliphatic hydroxyl groups is 1. The summed E-state index contributed by atoms with van der Waals surface area (Å²) in [5, 5.41) is 10.9. The number of fused-ring (bicyclic) bond motifs is 3. The molecule has 112 valence electrons. The molecule has 0 saturated carbocycles. The second-order valence-electron chi connectivity index (χ2n) is 5.89. The van der Waals surface area contributed by atoms with Gasteiger partial charge in [0.25, 0.3) is 0 Å². The molecule has 2 heterocycles. The molecule has 3 rings (SSSR count). The van der Waals surface area contributed by atoms with Crippen LogP contribution in [0.2, 0.25) is 0 Å². The molecule has 21 heavy (non-hydrogen) atoms. The van der Waals surface area contributed by atoms with Crippen molar-refractivity contribution < 1.29 is 19.4 Å². The minimum absolute atomic E-state index is 0.139. The topological polar surface area (TPSA) is 66.8 Å². The second-order valence-corrected chi connectivity index (χ2v) is 5.89. The molecular formula is C16H19NO4. The number of para-hydroxylation sites is 1. The molecule has 1 aromatic rings. The fourth-order valence-electron chi connectivity index (χ4n) is 3.52. The third kappa shape index (κ3) is 1.73. The molecule has 2 atom stereocenters. The molecular weight excluding hydrogens is 270 g/mol. The molecule has 2 aliphatic rings. The summed E-state index contributed by atoms with van der Waals surface area (Å²) >= 11 is 0. The van der Waals surface area contributed by atoms with Crippen LogP contribution in [0.5, 0.6) is 0 Å².